The topological polar surface area (TPSA) is 108 Å². The third-order valence-electron chi connectivity index (χ3n) is 4.51. The first kappa shape index (κ1) is 16.3. The normalized spacial score (nSPS) is 21.2. The molecular weight excluding hydrogens is 309 g/mol. The molecule has 0 spiro atoms. The zero-order valence-corrected chi connectivity index (χ0v) is 13.5. The van der Waals surface area contributed by atoms with E-state index < -0.39 is 6.17 Å². The maximum atomic E-state index is 14.7. The summed E-state index contributed by atoms with van der Waals surface area (Å²) in [6.45, 7) is 3.43. The quantitative estimate of drug-likeness (QED) is 0.642. The molecule has 2 aromatic heterocycles. The molecule has 0 radical (unpaired) electrons. The highest BCUT2D eigenvalue weighted by atomic mass is 19.1. The lowest BCUT2D eigenvalue weighted by Crippen LogP contribution is -2.23. The van der Waals surface area contributed by atoms with Gasteiger partial charge < -0.3 is 15.7 Å². The number of nitriles is 1. The van der Waals surface area contributed by atoms with E-state index in [1.807, 2.05) is 16.4 Å². The predicted molar refractivity (Wildman–Crippen MR) is 89.8 cm³/mol. The van der Waals surface area contributed by atoms with Gasteiger partial charge in [0, 0.05) is 25.7 Å². The van der Waals surface area contributed by atoms with Crippen molar-refractivity contribution in [1.82, 2.24) is 19.4 Å². The Bertz CT molecular complexity index is 807. The summed E-state index contributed by atoms with van der Waals surface area (Å²) >= 11 is 0. The lowest BCUT2D eigenvalue weighted by Gasteiger charge is -2.19. The number of alkyl halides is 1. The average Bonchev–Trinajstić information content (AvgIpc) is 3.07. The van der Waals surface area contributed by atoms with Crippen molar-refractivity contribution in [3.05, 3.63) is 17.6 Å². The monoisotopic (exact) mass is 329 g/mol. The van der Waals surface area contributed by atoms with Crippen LogP contribution in [-0.2, 0) is 0 Å². The molecule has 2 unspecified atom stereocenters. The minimum absolute atomic E-state index is 0.248. The first-order valence-corrected chi connectivity index (χ1v) is 7.93. The fourth-order valence-corrected chi connectivity index (χ4v) is 3.42. The van der Waals surface area contributed by atoms with E-state index in [-0.39, 0.29) is 11.9 Å². The van der Waals surface area contributed by atoms with Gasteiger partial charge in [-0.1, -0.05) is 0 Å². The molecular formula is C16H20FN7. The Morgan fingerprint density at radius 2 is 2.33 bits per heavy atom. The van der Waals surface area contributed by atoms with Crippen LogP contribution in [0.25, 0.3) is 11.0 Å². The van der Waals surface area contributed by atoms with E-state index in [0.717, 1.165) is 12.6 Å². The Balaban J connectivity index is 1.97. The van der Waals surface area contributed by atoms with E-state index in [9.17, 15) is 4.39 Å². The van der Waals surface area contributed by atoms with Gasteiger partial charge in [0.25, 0.3) is 0 Å². The maximum absolute atomic E-state index is 14.7. The molecule has 1 aliphatic heterocycles. The van der Waals surface area contributed by atoms with Crippen molar-refractivity contribution in [2.24, 2.45) is 0 Å². The molecule has 1 saturated heterocycles. The van der Waals surface area contributed by atoms with Crippen LogP contribution in [-0.4, -0.2) is 51.5 Å². The molecule has 1 fully saturated rings. The van der Waals surface area contributed by atoms with Crippen molar-refractivity contribution in [3.8, 4) is 6.07 Å². The third kappa shape index (κ3) is 2.71. The molecule has 7 nitrogen and oxygen atoms in total. The second-order valence-electron chi connectivity index (χ2n) is 6.07. The number of aryl methyl sites for hydroxylation is 1. The van der Waals surface area contributed by atoms with Gasteiger partial charge >= 0.3 is 0 Å². The van der Waals surface area contributed by atoms with E-state index in [1.54, 1.807) is 6.20 Å². The van der Waals surface area contributed by atoms with Gasteiger partial charge in [-0.05, 0) is 19.9 Å². The molecule has 126 valence electrons. The smallest absolute Gasteiger partial charge is 0.135 e. The number of nitrogens with two attached hydrogens (primary N) is 1. The van der Waals surface area contributed by atoms with Gasteiger partial charge in [-0.15, -0.1) is 0 Å². The number of anilines is 1. The molecule has 0 amide bonds. The summed E-state index contributed by atoms with van der Waals surface area (Å²) in [7, 11) is 0. The fraction of sp³-hybridized carbons (Fsp3) is 0.500. The number of rotatable bonds is 5. The van der Waals surface area contributed by atoms with Crippen molar-refractivity contribution in [2.45, 2.75) is 32.0 Å². The van der Waals surface area contributed by atoms with Gasteiger partial charge in [-0.3, -0.25) is 4.90 Å². The SMILES string of the molecule is Cc1nc2cnc(N)c(C=N)c2n1C1CN(CCCC#N)CC1F. The average molecular weight is 329 g/mol. The fourth-order valence-electron chi connectivity index (χ4n) is 3.42. The molecule has 2 aromatic rings. The second kappa shape index (κ2) is 6.53. The second-order valence-corrected chi connectivity index (χ2v) is 6.07. The minimum Gasteiger partial charge on any atom is -0.383 e. The van der Waals surface area contributed by atoms with Gasteiger partial charge in [-0.25, -0.2) is 14.4 Å². The summed E-state index contributed by atoms with van der Waals surface area (Å²) in [5.41, 5.74) is 7.64. The molecule has 3 heterocycles. The lowest BCUT2D eigenvalue weighted by atomic mass is 10.2. The van der Waals surface area contributed by atoms with Gasteiger partial charge in [0.1, 0.15) is 23.3 Å². The summed E-state index contributed by atoms with van der Waals surface area (Å²) in [5, 5.41) is 16.3. The van der Waals surface area contributed by atoms with Crippen molar-refractivity contribution in [1.29, 1.82) is 10.7 Å². The minimum atomic E-state index is -1.03. The molecule has 0 aliphatic carbocycles. The summed E-state index contributed by atoms with van der Waals surface area (Å²) in [6.07, 6.45) is 2.90. The van der Waals surface area contributed by atoms with E-state index in [1.165, 1.54) is 0 Å². The Labute approximate surface area is 139 Å². The number of nitrogen functional groups attached to an aromatic ring is 1. The van der Waals surface area contributed by atoms with Crippen LogP contribution in [0.5, 0.6) is 0 Å². The number of pyridine rings is 1. The number of fused-ring (bicyclic) bond motifs is 1. The van der Waals surface area contributed by atoms with Crippen molar-refractivity contribution in [3.63, 3.8) is 0 Å². The van der Waals surface area contributed by atoms with Crippen molar-refractivity contribution in [2.75, 3.05) is 25.4 Å². The summed E-state index contributed by atoms with van der Waals surface area (Å²) < 4.78 is 16.5. The van der Waals surface area contributed by atoms with Crippen LogP contribution in [0.1, 0.15) is 30.3 Å². The number of hydrogen-bond acceptors (Lipinski definition) is 6. The van der Waals surface area contributed by atoms with Gasteiger partial charge in [0.05, 0.1) is 29.4 Å². The van der Waals surface area contributed by atoms with Crippen LogP contribution < -0.4 is 5.73 Å². The summed E-state index contributed by atoms with van der Waals surface area (Å²) in [4.78, 5) is 10.5. The molecule has 0 bridgehead atoms. The van der Waals surface area contributed by atoms with E-state index in [0.29, 0.717) is 48.5 Å². The van der Waals surface area contributed by atoms with E-state index in [4.69, 9.17) is 16.4 Å². The zero-order chi connectivity index (χ0) is 17.3. The highest BCUT2D eigenvalue weighted by Gasteiger charge is 2.36. The largest absolute Gasteiger partial charge is 0.383 e. The molecule has 1 aliphatic rings. The Kier molecular flexibility index (Phi) is 4.44. The maximum Gasteiger partial charge on any atom is 0.135 e. The number of hydrogen-bond donors (Lipinski definition) is 2. The molecule has 24 heavy (non-hydrogen) atoms. The Hall–Kier alpha value is -2.53. The van der Waals surface area contributed by atoms with Crippen molar-refractivity contribution < 1.29 is 4.39 Å². The van der Waals surface area contributed by atoms with Gasteiger partial charge in [0.15, 0.2) is 0 Å². The van der Waals surface area contributed by atoms with E-state index >= 15 is 0 Å². The third-order valence-corrected chi connectivity index (χ3v) is 4.51. The van der Waals surface area contributed by atoms with Crippen LogP contribution in [0.3, 0.4) is 0 Å². The molecule has 3 N–H and O–H groups in total. The summed E-state index contributed by atoms with van der Waals surface area (Å²) in [6, 6.07) is 1.74. The zero-order valence-electron chi connectivity index (χ0n) is 13.5. The van der Waals surface area contributed by atoms with Gasteiger partial charge in [0.2, 0.25) is 0 Å². The molecule has 3 rings (SSSR count). The number of unbranched alkanes of at least 4 members (excludes halogenated alkanes) is 1. The van der Waals surface area contributed by atoms with Crippen LogP contribution in [0, 0.1) is 23.7 Å². The first-order chi connectivity index (χ1) is 11.6. The molecule has 0 saturated carbocycles. The number of halogens is 1. The highest BCUT2D eigenvalue weighted by Crippen LogP contribution is 2.32. The number of likely N-dealkylation sites (tertiary alicyclic amines) is 1. The Morgan fingerprint density at radius 3 is 3.04 bits per heavy atom. The van der Waals surface area contributed by atoms with Crippen LogP contribution in [0.2, 0.25) is 0 Å². The molecule has 2 atom stereocenters. The first-order valence-electron chi connectivity index (χ1n) is 7.93. The summed E-state index contributed by atoms with van der Waals surface area (Å²) in [5.74, 6) is 0.935. The van der Waals surface area contributed by atoms with E-state index in [2.05, 4.69) is 16.0 Å². The standard InChI is InChI=1S/C16H20FN7/c1-10-22-13-7-21-16(20)11(6-19)15(13)24(10)14-9-23(8-12(14)17)5-3-2-4-18/h6-7,12,14,19H,2-3,5,8-9H2,1H3,(H2,20,21). The number of aromatic nitrogens is 3. The number of imidazole rings is 1. The predicted octanol–water partition coefficient (Wildman–Crippen LogP) is 1.82. The van der Waals surface area contributed by atoms with Crippen LogP contribution in [0.15, 0.2) is 6.20 Å². The van der Waals surface area contributed by atoms with Gasteiger partial charge in [-0.2, -0.15) is 5.26 Å². The van der Waals surface area contributed by atoms with Crippen LogP contribution >= 0.6 is 0 Å². The van der Waals surface area contributed by atoms with Crippen LogP contribution in [0.4, 0.5) is 10.2 Å². The highest BCUT2D eigenvalue weighted by molar-refractivity contribution is 5.99. The number of nitrogens with one attached hydrogen (secondary N) is 1. The van der Waals surface area contributed by atoms with Crippen molar-refractivity contribution >= 4 is 23.1 Å². The number of nitrogens with zero attached hydrogens (tertiary/aromatic N) is 5. The molecule has 0 aromatic carbocycles. The Morgan fingerprint density at radius 1 is 1.54 bits per heavy atom. The lowest BCUT2D eigenvalue weighted by molar-refractivity contribution is 0.271. The molecule has 8 heteroatoms.